The number of nitrogens with one attached hydrogen (secondary N) is 1. The van der Waals surface area contributed by atoms with E-state index in [0.717, 1.165) is 13.0 Å². The van der Waals surface area contributed by atoms with Crippen LogP contribution in [0.3, 0.4) is 0 Å². The van der Waals surface area contributed by atoms with Gasteiger partial charge in [-0.1, -0.05) is 30.2 Å². The molecule has 2 nitrogen and oxygen atoms in total. The van der Waals surface area contributed by atoms with Gasteiger partial charge >= 0.3 is 0 Å². The molecular weight excluding hydrogens is 208 g/mol. The minimum atomic E-state index is 0.370. The Morgan fingerprint density at radius 2 is 2.12 bits per heavy atom. The van der Waals surface area contributed by atoms with E-state index in [1.165, 1.54) is 36.0 Å². The van der Waals surface area contributed by atoms with E-state index >= 15 is 0 Å². The topological polar surface area (TPSA) is 38.0 Å². The molecule has 94 valence electrons. The second-order valence-corrected chi connectivity index (χ2v) is 5.34. The summed E-state index contributed by atoms with van der Waals surface area (Å²) in [6.07, 6.45) is 4.81. The second-order valence-electron chi connectivity index (χ2n) is 5.34. The van der Waals surface area contributed by atoms with Crippen molar-refractivity contribution >= 4 is 0 Å². The van der Waals surface area contributed by atoms with Crippen LogP contribution in [0.1, 0.15) is 36.0 Å². The summed E-state index contributed by atoms with van der Waals surface area (Å²) in [5, 5.41) is 3.60. The summed E-state index contributed by atoms with van der Waals surface area (Å²) in [7, 11) is 0. The highest BCUT2D eigenvalue weighted by Gasteiger charge is 2.22. The lowest BCUT2D eigenvalue weighted by Crippen LogP contribution is -2.41. The molecule has 1 aliphatic carbocycles. The summed E-state index contributed by atoms with van der Waals surface area (Å²) in [6.45, 7) is 5.39. The van der Waals surface area contributed by atoms with Gasteiger partial charge in [0.1, 0.15) is 0 Å². The third-order valence-electron chi connectivity index (χ3n) is 3.87. The van der Waals surface area contributed by atoms with Gasteiger partial charge in [-0.25, -0.2) is 0 Å². The van der Waals surface area contributed by atoms with Crippen LogP contribution in [0.15, 0.2) is 18.2 Å². The predicted molar refractivity (Wildman–Crippen MR) is 73.2 cm³/mol. The molecule has 1 saturated carbocycles. The molecule has 17 heavy (non-hydrogen) atoms. The maximum absolute atomic E-state index is 6.05. The third kappa shape index (κ3) is 3.30. The molecule has 0 amide bonds. The minimum absolute atomic E-state index is 0.370. The smallest absolute Gasteiger partial charge is 0.0219 e. The zero-order valence-corrected chi connectivity index (χ0v) is 11.0. The largest absolute Gasteiger partial charge is 0.326 e. The Morgan fingerprint density at radius 1 is 1.29 bits per heavy atom. The molecule has 0 saturated heterocycles. The molecule has 1 fully saturated rings. The van der Waals surface area contributed by atoms with Crippen LogP contribution in [0.4, 0.5) is 0 Å². The highest BCUT2D eigenvalue weighted by molar-refractivity contribution is 5.30. The standard InChI is InChI=1S/C15H24N2/c1-11-6-7-13(12(2)10-11)8-9-17-15-5-3-4-14(15)16/h6-7,10,14-15,17H,3-5,8-9,16H2,1-2H3. The molecule has 3 N–H and O–H groups in total. The Morgan fingerprint density at radius 3 is 2.76 bits per heavy atom. The normalized spacial score (nSPS) is 24.2. The van der Waals surface area contributed by atoms with E-state index in [1.807, 2.05) is 0 Å². The molecule has 2 atom stereocenters. The average molecular weight is 232 g/mol. The van der Waals surface area contributed by atoms with E-state index in [4.69, 9.17) is 5.73 Å². The van der Waals surface area contributed by atoms with Crippen molar-refractivity contribution in [2.24, 2.45) is 5.73 Å². The Balaban J connectivity index is 1.81. The van der Waals surface area contributed by atoms with Gasteiger partial charge in [-0.05, 0) is 50.8 Å². The van der Waals surface area contributed by atoms with Crippen molar-refractivity contribution in [2.75, 3.05) is 6.54 Å². The average Bonchev–Trinajstić information content (AvgIpc) is 2.68. The minimum Gasteiger partial charge on any atom is -0.326 e. The van der Waals surface area contributed by atoms with E-state index in [2.05, 4.69) is 37.4 Å². The van der Waals surface area contributed by atoms with Crippen LogP contribution in [0, 0.1) is 13.8 Å². The Hall–Kier alpha value is -0.860. The number of hydrogen-bond donors (Lipinski definition) is 2. The van der Waals surface area contributed by atoms with Crippen LogP contribution in [-0.4, -0.2) is 18.6 Å². The van der Waals surface area contributed by atoms with Crippen molar-refractivity contribution in [3.63, 3.8) is 0 Å². The Labute approximate surface area is 105 Å². The summed E-state index contributed by atoms with van der Waals surface area (Å²) in [4.78, 5) is 0. The van der Waals surface area contributed by atoms with Gasteiger partial charge in [0.25, 0.3) is 0 Å². The monoisotopic (exact) mass is 232 g/mol. The van der Waals surface area contributed by atoms with E-state index in [0.29, 0.717) is 12.1 Å². The highest BCUT2D eigenvalue weighted by Crippen LogP contribution is 2.17. The maximum atomic E-state index is 6.05. The first-order valence-electron chi connectivity index (χ1n) is 6.72. The molecular formula is C15H24N2. The number of benzene rings is 1. The van der Waals surface area contributed by atoms with Crippen LogP contribution < -0.4 is 11.1 Å². The van der Waals surface area contributed by atoms with Crippen molar-refractivity contribution in [1.82, 2.24) is 5.32 Å². The fraction of sp³-hybridized carbons (Fsp3) is 0.600. The van der Waals surface area contributed by atoms with Crippen molar-refractivity contribution in [1.29, 1.82) is 0 Å². The molecule has 1 aromatic carbocycles. The van der Waals surface area contributed by atoms with Gasteiger partial charge in [-0.2, -0.15) is 0 Å². The van der Waals surface area contributed by atoms with Crippen LogP contribution >= 0.6 is 0 Å². The van der Waals surface area contributed by atoms with Crippen molar-refractivity contribution in [2.45, 2.75) is 51.6 Å². The van der Waals surface area contributed by atoms with E-state index in [9.17, 15) is 0 Å². The first-order valence-corrected chi connectivity index (χ1v) is 6.72. The number of aryl methyl sites for hydroxylation is 2. The molecule has 0 radical (unpaired) electrons. The third-order valence-corrected chi connectivity index (χ3v) is 3.87. The van der Waals surface area contributed by atoms with E-state index in [1.54, 1.807) is 0 Å². The number of rotatable bonds is 4. The van der Waals surface area contributed by atoms with Gasteiger partial charge in [0.15, 0.2) is 0 Å². The lowest BCUT2D eigenvalue weighted by Gasteiger charge is -2.17. The fourth-order valence-electron chi connectivity index (χ4n) is 2.76. The lowest BCUT2D eigenvalue weighted by molar-refractivity contribution is 0.479. The molecule has 1 aromatic rings. The summed E-state index contributed by atoms with van der Waals surface area (Å²) in [5.74, 6) is 0. The van der Waals surface area contributed by atoms with Crippen LogP contribution in [-0.2, 0) is 6.42 Å². The van der Waals surface area contributed by atoms with Gasteiger partial charge < -0.3 is 11.1 Å². The molecule has 1 aliphatic rings. The SMILES string of the molecule is Cc1ccc(CCNC2CCCC2N)c(C)c1. The van der Waals surface area contributed by atoms with Crippen molar-refractivity contribution in [3.05, 3.63) is 34.9 Å². The second kappa shape index (κ2) is 5.65. The molecule has 0 aliphatic heterocycles. The zero-order chi connectivity index (χ0) is 12.3. The predicted octanol–water partition coefficient (Wildman–Crippen LogP) is 2.32. The molecule has 0 bridgehead atoms. The zero-order valence-electron chi connectivity index (χ0n) is 11.0. The molecule has 2 unspecified atom stereocenters. The van der Waals surface area contributed by atoms with Crippen LogP contribution in [0.5, 0.6) is 0 Å². The van der Waals surface area contributed by atoms with Gasteiger partial charge in [0.05, 0.1) is 0 Å². The van der Waals surface area contributed by atoms with Gasteiger partial charge in [0, 0.05) is 12.1 Å². The molecule has 0 heterocycles. The quantitative estimate of drug-likeness (QED) is 0.836. The van der Waals surface area contributed by atoms with Crippen LogP contribution in [0.25, 0.3) is 0 Å². The lowest BCUT2D eigenvalue weighted by atomic mass is 10.0. The molecule has 2 rings (SSSR count). The van der Waals surface area contributed by atoms with Gasteiger partial charge in [-0.15, -0.1) is 0 Å². The first-order chi connectivity index (χ1) is 8.16. The molecule has 0 spiro atoms. The van der Waals surface area contributed by atoms with E-state index in [-0.39, 0.29) is 0 Å². The van der Waals surface area contributed by atoms with Crippen LogP contribution in [0.2, 0.25) is 0 Å². The fourth-order valence-corrected chi connectivity index (χ4v) is 2.76. The summed E-state index contributed by atoms with van der Waals surface area (Å²) in [6, 6.07) is 7.62. The molecule has 2 heteroatoms. The summed E-state index contributed by atoms with van der Waals surface area (Å²) in [5.41, 5.74) is 10.2. The van der Waals surface area contributed by atoms with Gasteiger partial charge in [0.2, 0.25) is 0 Å². The summed E-state index contributed by atoms with van der Waals surface area (Å²) >= 11 is 0. The Kier molecular flexibility index (Phi) is 4.19. The first kappa shape index (κ1) is 12.6. The molecule has 0 aromatic heterocycles. The van der Waals surface area contributed by atoms with Gasteiger partial charge in [-0.3, -0.25) is 0 Å². The Bertz CT molecular complexity index is 373. The highest BCUT2D eigenvalue weighted by atomic mass is 15.0. The van der Waals surface area contributed by atoms with Crippen molar-refractivity contribution in [3.8, 4) is 0 Å². The van der Waals surface area contributed by atoms with Crippen molar-refractivity contribution < 1.29 is 0 Å². The van der Waals surface area contributed by atoms with E-state index < -0.39 is 0 Å². The number of nitrogens with two attached hydrogens (primary N) is 1. The maximum Gasteiger partial charge on any atom is 0.0219 e. The number of hydrogen-bond acceptors (Lipinski definition) is 2. The summed E-state index contributed by atoms with van der Waals surface area (Å²) < 4.78 is 0.